The zero-order valence-corrected chi connectivity index (χ0v) is 5.96. The Morgan fingerprint density at radius 1 is 1.00 bits per heavy atom. The van der Waals surface area contributed by atoms with Crippen LogP contribution in [-0.2, 0) is 0 Å². The molecule has 2 aromatic rings. The maximum atomic E-state index is 3.23. The molecule has 1 heterocycles. The quantitative estimate of drug-likeness (QED) is 0.495. The van der Waals surface area contributed by atoms with Gasteiger partial charge in [0.15, 0.2) is 0 Å². The Balaban J connectivity index is 2.69. The second-order valence-corrected chi connectivity index (χ2v) is 2.85. The Bertz CT molecular complexity index is 449. The molecular formula is C10H7N. The molecule has 0 radical (unpaired) electrons. The highest BCUT2D eigenvalue weighted by atomic mass is 14.7. The van der Waals surface area contributed by atoms with E-state index in [0.29, 0.717) is 0 Å². The van der Waals surface area contributed by atoms with Crippen molar-refractivity contribution in [3.05, 3.63) is 35.5 Å². The predicted molar refractivity (Wildman–Crippen MR) is 47.2 cm³/mol. The molecule has 0 saturated heterocycles. The number of H-pyrrole nitrogens is 1. The molecule has 0 saturated carbocycles. The second-order valence-electron chi connectivity index (χ2n) is 2.85. The average molecular weight is 141 g/mol. The van der Waals surface area contributed by atoms with Gasteiger partial charge in [-0.1, -0.05) is 24.3 Å². The molecule has 1 aliphatic rings. The number of benzene rings is 1. The van der Waals surface area contributed by atoms with Gasteiger partial charge in [0.25, 0.3) is 0 Å². The Morgan fingerprint density at radius 2 is 1.91 bits per heavy atom. The monoisotopic (exact) mass is 141 g/mol. The lowest BCUT2D eigenvalue weighted by atomic mass is 10.1. The molecule has 1 heteroatoms. The van der Waals surface area contributed by atoms with E-state index >= 15 is 0 Å². The molecule has 1 nitrogen and oxygen atoms in total. The number of hydrogen-bond acceptors (Lipinski definition) is 0. The van der Waals surface area contributed by atoms with Gasteiger partial charge >= 0.3 is 0 Å². The van der Waals surface area contributed by atoms with Crippen LogP contribution in [0.2, 0.25) is 0 Å². The Labute approximate surface area is 64.4 Å². The molecule has 0 amide bonds. The van der Waals surface area contributed by atoms with Crippen molar-refractivity contribution in [1.29, 1.82) is 0 Å². The van der Waals surface area contributed by atoms with Crippen molar-refractivity contribution in [2.24, 2.45) is 0 Å². The highest BCUT2D eigenvalue weighted by Gasteiger charge is 2.08. The van der Waals surface area contributed by atoms with E-state index in [0.717, 1.165) is 0 Å². The fraction of sp³-hybridized carbons (Fsp3) is 0. The van der Waals surface area contributed by atoms with Gasteiger partial charge in [-0.15, -0.1) is 0 Å². The van der Waals surface area contributed by atoms with Gasteiger partial charge in [0.05, 0.1) is 0 Å². The van der Waals surface area contributed by atoms with E-state index in [1.807, 2.05) is 0 Å². The molecule has 1 N–H and O–H groups in total. The lowest BCUT2D eigenvalue weighted by molar-refractivity contribution is 1.47. The van der Waals surface area contributed by atoms with E-state index in [4.69, 9.17) is 0 Å². The topological polar surface area (TPSA) is 15.8 Å². The first-order valence-corrected chi connectivity index (χ1v) is 3.73. The van der Waals surface area contributed by atoms with Crippen molar-refractivity contribution < 1.29 is 0 Å². The Hall–Kier alpha value is -1.50. The Morgan fingerprint density at radius 3 is 2.91 bits per heavy atom. The van der Waals surface area contributed by atoms with Gasteiger partial charge < -0.3 is 4.98 Å². The molecule has 11 heavy (non-hydrogen) atoms. The molecule has 1 aromatic carbocycles. The Kier molecular flexibility index (Phi) is 0.737. The van der Waals surface area contributed by atoms with Gasteiger partial charge in [0.1, 0.15) is 0 Å². The van der Waals surface area contributed by atoms with E-state index in [9.17, 15) is 0 Å². The van der Waals surface area contributed by atoms with Crippen molar-refractivity contribution in [3.8, 4) is 0 Å². The van der Waals surface area contributed by atoms with Gasteiger partial charge in [0.2, 0.25) is 0 Å². The molecule has 0 unspecified atom stereocenters. The molecule has 0 atom stereocenters. The maximum Gasteiger partial charge on any atom is 0.0466 e. The van der Waals surface area contributed by atoms with Gasteiger partial charge in [-0.25, -0.2) is 0 Å². The third-order valence-electron chi connectivity index (χ3n) is 2.21. The molecule has 0 bridgehead atoms. The van der Waals surface area contributed by atoms with Crippen LogP contribution < -0.4 is 0 Å². The standard InChI is InChI=1S/C10H7N/c1-2-7-4-5-8-6-11-9(3-1)10(7)8/h1-6,11H. The smallest absolute Gasteiger partial charge is 0.0466 e. The van der Waals surface area contributed by atoms with Crippen molar-refractivity contribution in [2.75, 3.05) is 0 Å². The first kappa shape index (κ1) is 5.19. The summed E-state index contributed by atoms with van der Waals surface area (Å²) in [5.74, 6) is 0. The summed E-state index contributed by atoms with van der Waals surface area (Å²) in [5, 5.41) is 1.37. The van der Waals surface area contributed by atoms with Crippen LogP contribution in [0.3, 0.4) is 0 Å². The predicted octanol–water partition coefficient (Wildman–Crippen LogP) is 2.65. The maximum absolute atomic E-state index is 3.23. The molecule has 0 spiro atoms. The van der Waals surface area contributed by atoms with E-state index in [-0.39, 0.29) is 0 Å². The summed E-state index contributed by atoms with van der Waals surface area (Å²) < 4.78 is 0. The van der Waals surface area contributed by atoms with Crippen molar-refractivity contribution in [3.63, 3.8) is 0 Å². The number of nitrogens with one attached hydrogen (secondary N) is 1. The summed E-state index contributed by atoms with van der Waals surface area (Å²) in [6, 6.07) is 6.33. The average Bonchev–Trinajstić information content (AvgIpc) is 2.60. The summed E-state index contributed by atoms with van der Waals surface area (Å²) in [6.07, 6.45) is 6.36. The minimum Gasteiger partial charge on any atom is -0.361 e. The highest BCUT2D eigenvalue weighted by molar-refractivity contribution is 6.03. The third kappa shape index (κ3) is 0.511. The number of aromatic amines is 1. The van der Waals surface area contributed by atoms with Gasteiger partial charge in [-0.2, -0.15) is 0 Å². The minimum absolute atomic E-state index is 1.24. The molecule has 1 aliphatic carbocycles. The summed E-state index contributed by atoms with van der Waals surface area (Å²) in [4.78, 5) is 3.23. The van der Waals surface area contributed by atoms with Crippen molar-refractivity contribution in [2.45, 2.75) is 0 Å². The van der Waals surface area contributed by atoms with Crippen LogP contribution in [0.1, 0.15) is 11.1 Å². The molecular weight excluding hydrogens is 134 g/mol. The summed E-state index contributed by atoms with van der Waals surface area (Å²) in [7, 11) is 0. The summed E-state index contributed by atoms with van der Waals surface area (Å²) >= 11 is 0. The molecule has 1 aromatic heterocycles. The van der Waals surface area contributed by atoms with E-state index < -0.39 is 0 Å². The van der Waals surface area contributed by atoms with Crippen LogP contribution in [-0.4, -0.2) is 4.98 Å². The van der Waals surface area contributed by atoms with Crippen molar-refractivity contribution in [1.82, 2.24) is 4.98 Å². The zero-order chi connectivity index (χ0) is 7.26. The largest absolute Gasteiger partial charge is 0.361 e. The SMILES string of the molecule is C1=Cc2c[nH]c3cccc1c23. The minimum atomic E-state index is 1.24. The summed E-state index contributed by atoms with van der Waals surface area (Å²) in [6.45, 7) is 0. The van der Waals surface area contributed by atoms with Crippen LogP contribution in [0.5, 0.6) is 0 Å². The van der Waals surface area contributed by atoms with Crippen molar-refractivity contribution >= 4 is 23.1 Å². The second kappa shape index (κ2) is 1.56. The highest BCUT2D eigenvalue weighted by Crippen LogP contribution is 2.30. The first-order chi connectivity index (χ1) is 5.45. The molecule has 52 valence electrons. The number of hydrogen-bond donors (Lipinski definition) is 1. The van der Waals surface area contributed by atoms with Gasteiger partial charge in [-0.05, 0) is 11.6 Å². The number of rotatable bonds is 0. The van der Waals surface area contributed by atoms with Crippen LogP contribution in [0.25, 0.3) is 23.1 Å². The van der Waals surface area contributed by atoms with Gasteiger partial charge in [-0.3, -0.25) is 0 Å². The van der Waals surface area contributed by atoms with Crippen LogP contribution >= 0.6 is 0 Å². The zero-order valence-electron chi connectivity index (χ0n) is 5.96. The van der Waals surface area contributed by atoms with Crippen LogP contribution in [0.15, 0.2) is 24.4 Å². The summed E-state index contributed by atoms with van der Waals surface area (Å²) in [5.41, 5.74) is 3.89. The molecule has 0 fully saturated rings. The van der Waals surface area contributed by atoms with E-state index in [1.165, 1.54) is 22.0 Å². The van der Waals surface area contributed by atoms with Crippen LogP contribution in [0, 0.1) is 0 Å². The number of aromatic nitrogens is 1. The van der Waals surface area contributed by atoms with E-state index in [2.05, 4.69) is 41.5 Å². The van der Waals surface area contributed by atoms with Crippen LogP contribution in [0.4, 0.5) is 0 Å². The fourth-order valence-electron chi connectivity index (χ4n) is 1.69. The third-order valence-corrected chi connectivity index (χ3v) is 2.21. The van der Waals surface area contributed by atoms with Gasteiger partial charge in [0, 0.05) is 22.7 Å². The fourth-order valence-corrected chi connectivity index (χ4v) is 1.69. The lowest BCUT2D eigenvalue weighted by Gasteiger charge is -1.91. The molecule has 3 rings (SSSR count). The lowest BCUT2D eigenvalue weighted by Crippen LogP contribution is -1.70. The first-order valence-electron chi connectivity index (χ1n) is 3.73. The normalized spacial score (nSPS) is 13.1. The molecule has 0 aliphatic heterocycles. The van der Waals surface area contributed by atoms with E-state index in [1.54, 1.807) is 0 Å².